The lowest BCUT2D eigenvalue weighted by molar-refractivity contribution is -0.175. The van der Waals surface area contributed by atoms with Gasteiger partial charge in [0.1, 0.15) is 0 Å². The molecule has 204 valence electrons. The SMILES string of the molecule is CCCCCCCCC1(C2(C(=O)OCCCCCC)CCCCC2)CCC(C2CCCCC2)CC1. The Bertz CT molecular complexity index is 562. The van der Waals surface area contributed by atoms with Gasteiger partial charge in [-0.05, 0) is 68.6 Å². The van der Waals surface area contributed by atoms with Gasteiger partial charge in [0.25, 0.3) is 0 Å². The summed E-state index contributed by atoms with van der Waals surface area (Å²) in [5.41, 5.74) is 0.0286. The molecule has 0 aromatic rings. The molecule has 0 spiro atoms. The third kappa shape index (κ3) is 7.98. The van der Waals surface area contributed by atoms with Crippen LogP contribution in [0.4, 0.5) is 0 Å². The second-order valence-corrected chi connectivity index (χ2v) is 12.9. The molecule has 0 unspecified atom stereocenters. The monoisotopic (exact) mass is 488 g/mol. The van der Waals surface area contributed by atoms with Gasteiger partial charge in [0.2, 0.25) is 0 Å². The van der Waals surface area contributed by atoms with Crippen LogP contribution in [0.5, 0.6) is 0 Å². The summed E-state index contributed by atoms with van der Waals surface area (Å²) in [5, 5.41) is 0. The molecule has 0 N–H and O–H groups in total. The lowest BCUT2D eigenvalue weighted by Gasteiger charge is -2.55. The molecule has 0 aromatic carbocycles. The van der Waals surface area contributed by atoms with Gasteiger partial charge < -0.3 is 4.74 Å². The Hall–Kier alpha value is -0.530. The number of rotatable bonds is 15. The maximum absolute atomic E-state index is 14.0. The molecule has 0 aromatic heterocycles. The van der Waals surface area contributed by atoms with Crippen LogP contribution in [0, 0.1) is 22.7 Å². The van der Waals surface area contributed by atoms with Crippen LogP contribution < -0.4 is 0 Å². The van der Waals surface area contributed by atoms with Gasteiger partial charge in [0.05, 0.1) is 12.0 Å². The maximum Gasteiger partial charge on any atom is 0.312 e. The van der Waals surface area contributed by atoms with Crippen molar-refractivity contribution in [2.24, 2.45) is 22.7 Å². The molecule has 35 heavy (non-hydrogen) atoms. The van der Waals surface area contributed by atoms with Gasteiger partial charge in [-0.2, -0.15) is 0 Å². The van der Waals surface area contributed by atoms with E-state index in [4.69, 9.17) is 4.74 Å². The number of hydrogen-bond donors (Lipinski definition) is 0. The lowest BCUT2D eigenvalue weighted by atomic mass is 9.49. The van der Waals surface area contributed by atoms with Crippen LogP contribution in [0.3, 0.4) is 0 Å². The number of ether oxygens (including phenoxy) is 1. The molecule has 0 saturated heterocycles. The van der Waals surface area contributed by atoms with Crippen LogP contribution in [-0.2, 0) is 9.53 Å². The van der Waals surface area contributed by atoms with E-state index in [1.54, 1.807) is 0 Å². The Kier molecular flexibility index (Phi) is 13.0. The minimum absolute atomic E-state index is 0.184. The molecule has 2 nitrogen and oxygen atoms in total. The Morgan fingerprint density at radius 1 is 0.629 bits per heavy atom. The van der Waals surface area contributed by atoms with Gasteiger partial charge in [-0.3, -0.25) is 4.79 Å². The molecule has 2 heteroatoms. The summed E-state index contributed by atoms with van der Waals surface area (Å²) in [6.45, 7) is 5.21. The highest BCUT2D eigenvalue weighted by atomic mass is 16.5. The molecule has 3 aliphatic rings. The van der Waals surface area contributed by atoms with E-state index in [0.717, 1.165) is 31.1 Å². The summed E-state index contributed by atoms with van der Waals surface area (Å²) in [6, 6.07) is 0. The van der Waals surface area contributed by atoms with E-state index in [-0.39, 0.29) is 16.8 Å². The minimum atomic E-state index is -0.184. The minimum Gasteiger partial charge on any atom is -0.465 e. The van der Waals surface area contributed by atoms with Gasteiger partial charge in [-0.15, -0.1) is 0 Å². The average molecular weight is 489 g/mol. The first kappa shape index (κ1) is 29.0. The molecule has 0 atom stereocenters. The molecule has 3 fully saturated rings. The van der Waals surface area contributed by atoms with Gasteiger partial charge in [0.15, 0.2) is 0 Å². The van der Waals surface area contributed by atoms with Crippen molar-refractivity contribution >= 4 is 5.97 Å². The van der Waals surface area contributed by atoms with E-state index < -0.39 is 0 Å². The first-order valence-electron chi connectivity index (χ1n) is 16.3. The van der Waals surface area contributed by atoms with E-state index in [1.165, 1.54) is 141 Å². The molecular formula is C33H60O2. The summed E-state index contributed by atoms with van der Waals surface area (Å²) < 4.78 is 6.17. The van der Waals surface area contributed by atoms with Crippen LogP contribution in [0.25, 0.3) is 0 Å². The number of carbonyl (C=O) groups excluding carboxylic acids is 1. The Morgan fingerprint density at radius 2 is 1.17 bits per heavy atom. The zero-order chi connectivity index (χ0) is 24.8. The largest absolute Gasteiger partial charge is 0.465 e. The van der Waals surface area contributed by atoms with Crippen LogP contribution in [0.15, 0.2) is 0 Å². The Labute approximate surface area is 219 Å². The predicted octanol–water partition coefficient (Wildman–Crippen LogP) is 10.6. The molecule has 3 rings (SSSR count). The molecule has 0 heterocycles. The average Bonchev–Trinajstić information content (AvgIpc) is 2.91. The number of hydrogen-bond acceptors (Lipinski definition) is 2. The predicted molar refractivity (Wildman–Crippen MR) is 150 cm³/mol. The highest BCUT2D eigenvalue weighted by Crippen LogP contribution is 2.61. The van der Waals surface area contributed by atoms with Crippen molar-refractivity contribution in [1.82, 2.24) is 0 Å². The summed E-state index contributed by atoms with van der Waals surface area (Å²) >= 11 is 0. The summed E-state index contributed by atoms with van der Waals surface area (Å²) in [4.78, 5) is 14.0. The molecule has 3 aliphatic carbocycles. The van der Waals surface area contributed by atoms with Crippen molar-refractivity contribution in [2.45, 2.75) is 174 Å². The summed E-state index contributed by atoms with van der Waals surface area (Å²) in [5.74, 6) is 2.12. The molecule has 0 radical (unpaired) electrons. The van der Waals surface area contributed by atoms with E-state index in [0.29, 0.717) is 6.61 Å². The fourth-order valence-corrected chi connectivity index (χ4v) is 8.42. The number of carbonyl (C=O) groups is 1. The number of esters is 1. The van der Waals surface area contributed by atoms with Crippen LogP contribution >= 0.6 is 0 Å². The van der Waals surface area contributed by atoms with Crippen LogP contribution in [0.1, 0.15) is 174 Å². The molecule has 0 aliphatic heterocycles. The maximum atomic E-state index is 14.0. The molecular weight excluding hydrogens is 428 g/mol. The Balaban J connectivity index is 1.70. The van der Waals surface area contributed by atoms with E-state index in [9.17, 15) is 4.79 Å². The zero-order valence-corrected chi connectivity index (χ0v) is 23.9. The molecule has 0 amide bonds. The van der Waals surface area contributed by atoms with E-state index >= 15 is 0 Å². The third-order valence-corrected chi connectivity index (χ3v) is 10.7. The standard InChI is InChI=1S/C33H60O2/c1-3-5-7-9-10-15-23-32(26-21-30(22-27-32)29-19-13-11-14-20-29)33(24-16-12-17-25-33)31(34)35-28-18-8-6-4-2/h29-30H,3-28H2,1-2H3. The van der Waals surface area contributed by atoms with Gasteiger partial charge in [-0.25, -0.2) is 0 Å². The lowest BCUT2D eigenvalue weighted by Crippen LogP contribution is -2.52. The summed E-state index contributed by atoms with van der Waals surface area (Å²) in [6.07, 6.45) is 32.8. The molecule has 3 saturated carbocycles. The van der Waals surface area contributed by atoms with Crippen molar-refractivity contribution in [1.29, 1.82) is 0 Å². The van der Waals surface area contributed by atoms with E-state index in [1.807, 2.05) is 0 Å². The molecule has 0 bridgehead atoms. The topological polar surface area (TPSA) is 26.3 Å². The van der Waals surface area contributed by atoms with Gasteiger partial charge >= 0.3 is 5.97 Å². The van der Waals surface area contributed by atoms with Crippen molar-refractivity contribution in [3.05, 3.63) is 0 Å². The highest BCUT2D eigenvalue weighted by Gasteiger charge is 2.57. The van der Waals surface area contributed by atoms with Crippen molar-refractivity contribution in [3.8, 4) is 0 Å². The van der Waals surface area contributed by atoms with Crippen LogP contribution in [-0.4, -0.2) is 12.6 Å². The first-order valence-corrected chi connectivity index (χ1v) is 16.3. The quantitative estimate of drug-likeness (QED) is 0.169. The second kappa shape index (κ2) is 15.7. The zero-order valence-electron chi connectivity index (χ0n) is 23.9. The number of unbranched alkanes of at least 4 members (excludes halogenated alkanes) is 8. The van der Waals surface area contributed by atoms with Crippen molar-refractivity contribution in [2.75, 3.05) is 6.61 Å². The smallest absolute Gasteiger partial charge is 0.312 e. The first-order chi connectivity index (χ1) is 17.2. The fraction of sp³-hybridized carbons (Fsp3) is 0.970. The van der Waals surface area contributed by atoms with Gasteiger partial charge in [-0.1, -0.05) is 123 Å². The second-order valence-electron chi connectivity index (χ2n) is 12.9. The summed E-state index contributed by atoms with van der Waals surface area (Å²) in [7, 11) is 0. The van der Waals surface area contributed by atoms with Gasteiger partial charge in [0, 0.05) is 0 Å². The highest BCUT2D eigenvalue weighted by molar-refractivity contribution is 5.78. The van der Waals surface area contributed by atoms with Crippen LogP contribution in [0.2, 0.25) is 0 Å². The van der Waals surface area contributed by atoms with Crippen molar-refractivity contribution in [3.63, 3.8) is 0 Å². The van der Waals surface area contributed by atoms with Crippen molar-refractivity contribution < 1.29 is 9.53 Å². The third-order valence-electron chi connectivity index (χ3n) is 10.7. The normalized spacial score (nSPS) is 27.5. The fourth-order valence-electron chi connectivity index (χ4n) is 8.42. The van der Waals surface area contributed by atoms with E-state index in [2.05, 4.69) is 13.8 Å². The Morgan fingerprint density at radius 3 is 1.83 bits per heavy atom.